The Hall–Kier alpha value is -5.20. The maximum atomic E-state index is 5.08. The van der Waals surface area contributed by atoms with Crippen molar-refractivity contribution in [1.29, 1.82) is 0 Å². The summed E-state index contributed by atoms with van der Waals surface area (Å²) in [6.45, 7) is 4.86. The van der Waals surface area contributed by atoms with Crippen LogP contribution in [0.5, 0.6) is 0 Å². The molecule has 0 unspecified atom stereocenters. The van der Waals surface area contributed by atoms with Gasteiger partial charge in [0.2, 0.25) is 0 Å². The molecule has 8 aromatic rings. The lowest BCUT2D eigenvalue weighted by molar-refractivity contribution is 1.30. The predicted octanol–water partition coefficient (Wildman–Crippen LogP) is 13.3. The summed E-state index contributed by atoms with van der Waals surface area (Å²) in [6.07, 6.45) is 0. The second-order valence-electron chi connectivity index (χ2n) is 13.2. The van der Waals surface area contributed by atoms with Gasteiger partial charge in [0.15, 0.2) is 0 Å². The van der Waals surface area contributed by atoms with E-state index in [1.807, 2.05) is 0 Å². The van der Waals surface area contributed by atoms with Crippen molar-refractivity contribution in [2.45, 2.75) is 25.9 Å². The lowest BCUT2D eigenvalue weighted by Gasteiger charge is -2.33. The lowest BCUT2D eigenvalue weighted by Crippen LogP contribution is -2.35. The summed E-state index contributed by atoms with van der Waals surface area (Å²) in [5, 5.41) is 5.19. The highest BCUT2D eigenvalue weighted by Crippen LogP contribution is 2.58. The van der Waals surface area contributed by atoms with Crippen LogP contribution in [0.1, 0.15) is 36.1 Å². The van der Waals surface area contributed by atoms with Crippen molar-refractivity contribution < 1.29 is 0 Å². The quantitative estimate of drug-likeness (QED) is 0.147. The van der Waals surface area contributed by atoms with E-state index in [9.17, 15) is 0 Å². The molecule has 2 aromatic heterocycles. The smallest absolute Gasteiger partial charge is 0.124 e. The molecule has 246 valence electrons. The number of nitrogens with zero attached hydrogens (tertiary/aromatic N) is 2. The van der Waals surface area contributed by atoms with Gasteiger partial charge in [0.1, 0.15) is 18.1 Å². The van der Waals surface area contributed by atoms with Gasteiger partial charge in [0.25, 0.3) is 0 Å². The van der Waals surface area contributed by atoms with Gasteiger partial charge in [-0.2, -0.15) is 0 Å². The van der Waals surface area contributed by atoms with E-state index in [1.54, 1.807) is 22.7 Å². The molecule has 0 aliphatic carbocycles. The molecular weight excluding hydrogens is 673 g/mol. The van der Waals surface area contributed by atoms with Crippen LogP contribution < -0.4 is 0 Å². The van der Waals surface area contributed by atoms with E-state index in [2.05, 4.69) is 172 Å². The molecule has 6 aromatic carbocycles. The Morgan fingerprint density at radius 2 is 0.784 bits per heavy atom. The second kappa shape index (κ2) is 13.2. The monoisotopic (exact) mass is 708 g/mol. The van der Waals surface area contributed by atoms with Gasteiger partial charge in [-0.3, -0.25) is 0 Å². The molecule has 1 aliphatic heterocycles. The Labute approximate surface area is 308 Å². The molecule has 0 N–H and O–H groups in total. The summed E-state index contributed by atoms with van der Waals surface area (Å²) >= 11 is 3.55. The number of para-hydroxylation sites is 2. The Morgan fingerprint density at radius 3 is 1.20 bits per heavy atom. The van der Waals surface area contributed by atoms with Gasteiger partial charge in [-0.15, -0.1) is 22.7 Å². The van der Waals surface area contributed by atoms with E-state index < -0.39 is 8.07 Å². The normalized spacial score (nSPS) is 14.2. The van der Waals surface area contributed by atoms with E-state index in [0.717, 1.165) is 33.1 Å². The maximum Gasteiger partial charge on any atom is 0.124 e. The third kappa shape index (κ3) is 5.44. The third-order valence-electron chi connectivity index (χ3n) is 10.4. The molecule has 5 heteroatoms. The average molecular weight is 709 g/mol. The predicted molar refractivity (Wildman–Crippen MR) is 223 cm³/mol. The van der Waals surface area contributed by atoms with Gasteiger partial charge < -0.3 is 0 Å². The molecule has 0 atom stereocenters. The summed E-state index contributed by atoms with van der Waals surface area (Å²) in [5.41, 5.74) is 12.4. The van der Waals surface area contributed by atoms with Crippen LogP contribution in [-0.4, -0.2) is 18.0 Å². The third-order valence-corrected chi connectivity index (χ3v) is 18.0. The fraction of sp³-hybridized carbons (Fsp3) is 0.0870. The molecule has 0 amide bonds. The summed E-state index contributed by atoms with van der Waals surface area (Å²) in [7, 11) is -2.40. The van der Waals surface area contributed by atoms with Gasteiger partial charge in [0, 0.05) is 11.1 Å². The number of thiazole rings is 2. The first kappa shape index (κ1) is 31.8. The van der Waals surface area contributed by atoms with E-state index in [-0.39, 0.29) is 0 Å². The van der Waals surface area contributed by atoms with Crippen LogP contribution in [0, 0.1) is 0 Å². The lowest BCUT2D eigenvalue weighted by atomic mass is 9.89. The first-order valence-corrected chi connectivity index (χ1v) is 21.7. The van der Waals surface area contributed by atoms with E-state index >= 15 is 0 Å². The van der Waals surface area contributed by atoms with Crippen molar-refractivity contribution in [1.82, 2.24) is 9.97 Å². The highest BCUT2D eigenvalue weighted by atomic mass is 32.1. The summed E-state index contributed by atoms with van der Waals surface area (Å²) in [4.78, 5) is 10.2. The first-order chi connectivity index (χ1) is 25.2. The van der Waals surface area contributed by atoms with Crippen LogP contribution in [0.3, 0.4) is 0 Å². The highest BCUT2D eigenvalue weighted by Gasteiger charge is 2.48. The van der Waals surface area contributed by atoms with E-state index in [4.69, 9.17) is 9.97 Å². The topological polar surface area (TPSA) is 25.8 Å². The molecular formula is C46H36N2S2Si. The fourth-order valence-electron chi connectivity index (χ4n) is 8.05. The molecule has 0 saturated carbocycles. The van der Waals surface area contributed by atoms with Crippen LogP contribution in [0.15, 0.2) is 158 Å². The summed E-state index contributed by atoms with van der Waals surface area (Å²) < 4.78 is 2.44. The summed E-state index contributed by atoms with van der Waals surface area (Å²) in [6, 6.07) is 59.8. The van der Waals surface area contributed by atoms with Gasteiger partial charge in [-0.05, 0) is 80.2 Å². The molecule has 51 heavy (non-hydrogen) atoms. The molecule has 0 saturated heterocycles. The van der Waals surface area contributed by atoms with Crippen molar-refractivity contribution in [3.05, 3.63) is 180 Å². The minimum Gasteiger partial charge on any atom is -0.236 e. The number of rotatable bonds is 8. The molecule has 0 fully saturated rings. The first-order valence-electron chi connectivity index (χ1n) is 17.7. The average Bonchev–Trinajstić information content (AvgIpc) is 3.92. The fourth-order valence-corrected chi connectivity index (χ4v) is 15.0. The number of aromatic nitrogens is 2. The van der Waals surface area contributed by atoms with Crippen molar-refractivity contribution in [2.75, 3.05) is 0 Å². The van der Waals surface area contributed by atoms with Crippen LogP contribution in [0.25, 0.3) is 63.1 Å². The SMILES string of the molecule is CC[Si]1(CC)C(c2cccc(-c3nc4ccccc4s3)c2)=C(c2ccccc2)C(c2ccccc2)=C1c1cccc(-c2nc3ccccc3s2)c1. The van der Waals surface area contributed by atoms with Gasteiger partial charge in [-0.25, -0.2) is 9.97 Å². The number of fused-ring (bicyclic) bond motifs is 2. The molecule has 0 bridgehead atoms. The van der Waals surface area contributed by atoms with Gasteiger partial charge in [0.05, 0.1) is 20.4 Å². The largest absolute Gasteiger partial charge is 0.236 e. The summed E-state index contributed by atoms with van der Waals surface area (Å²) in [5.74, 6) is 0. The Morgan fingerprint density at radius 1 is 0.412 bits per heavy atom. The second-order valence-corrected chi connectivity index (χ2v) is 19.8. The molecule has 2 nitrogen and oxygen atoms in total. The van der Waals surface area contributed by atoms with Crippen LogP contribution in [-0.2, 0) is 0 Å². The number of allylic oxidation sites excluding steroid dienone is 2. The highest BCUT2D eigenvalue weighted by molar-refractivity contribution is 7.22. The number of hydrogen-bond donors (Lipinski definition) is 0. The molecule has 1 aliphatic rings. The van der Waals surface area contributed by atoms with Crippen molar-refractivity contribution in [3.8, 4) is 21.1 Å². The van der Waals surface area contributed by atoms with Crippen LogP contribution in [0.2, 0.25) is 12.1 Å². The van der Waals surface area contributed by atoms with Crippen LogP contribution >= 0.6 is 22.7 Å². The van der Waals surface area contributed by atoms with Crippen molar-refractivity contribution in [3.63, 3.8) is 0 Å². The Bertz CT molecular complexity index is 2360. The molecule has 9 rings (SSSR count). The van der Waals surface area contributed by atoms with Gasteiger partial charge >= 0.3 is 0 Å². The standard InChI is InChI=1S/C46H36N2S2Si/c1-3-51(4-2)43(33-21-15-23-35(29-33)45-47-37-25-11-13-27-39(37)49-45)41(31-17-7-5-8-18-31)42(32-19-9-6-10-20-32)44(51)34-22-16-24-36(30-34)46-48-38-26-12-14-28-40(38)50-46/h5-30H,3-4H2,1-2H3. The van der Waals surface area contributed by atoms with E-state index in [0.29, 0.717) is 0 Å². The number of benzene rings is 6. The minimum atomic E-state index is -2.40. The van der Waals surface area contributed by atoms with Crippen molar-refractivity contribution in [2.24, 2.45) is 0 Å². The van der Waals surface area contributed by atoms with Crippen molar-refractivity contribution >= 4 is 72.7 Å². The zero-order valence-electron chi connectivity index (χ0n) is 28.6. The zero-order chi connectivity index (χ0) is 34.4. The van der Waals surface area contributed by atoms with Crippen LogP contribution in [0.4, 0.5) is 0 Å². The Kier molecular flexibility index (Phi) is 8.20. The van der Waals surface area contributed by atoms with E-state index in [1.165, 1.54) is 64.3 Å². The Balaban J connectivity index is 1.32. The molecule has 3 heterocycles. The maximum absolute atomic E-state index is 5.08. The number of hydrogen-bond acceptors (Lipinski definition) is 4. The minimum absolute atomic E-state index is 1.06. The zero-order valence-corrected chi connectivity index (χ0v) is 31.3. The molecule has 0 radical (unpaired) electrons. The molecule has 0 spiro atoms. The van der Waals surface area contributed by atoms with Gasteiger partial charge in [-0.1, -0.05) is 147 Å².